The van der Waals surface area contributed by atoms with Crippen molar-refractivity contribution in [3.63, 3.8) is 0 Å². The molecule has 1 heterocycles. The number of Topliss-reactive ketones (excluding diaryl/α,β-unsaturated/α-hetero) is 1. The second-order valence-electron chi connectivity index (χ2n) is 5.32. The van der Waals surface area contributed by atoms with Crippen LogP contribution < -0.4 is 5.32 Å². The molecule has 2 rings (SSSR count). The first kappa shape index (κ1) is 15.6. The van der Waals surface area contributed by atoms with Gasteiger partial charge in [0.15, 0.2) is 17.4 Å². The van der Waals surface area contributed by atoms with E-state index < -0.39 is 17.0 Å². The Kier molecular flexibility index (Phi) is 5.01. The van der Waals surface area contributed by atoms with Crippen molar-refractivity contribution in [2.45, 2.75) is 19.3 Å². The Morgan fingerprint density at radius 1 is 1.38 bits per heavy atom. The van der Waals surface area contributed by atoms with Crippen molar-refractivity contribution in [3.05, 3.63) is 35.4 Å². The maximum absolute atomic E-state index is 13.3. The lowest BCUT2D eigenvalue weighted by molar-refractivity contribution is -0.142. The molecule has 0 spiro atoms. The molecule has 1 fully saturated rings. The summed E-state index contributed by atoms with van der Waals surface area (Å²) in [7, 11) is 0. The molecular formula is C15H17F2NO3. The van der Waals surface area contributed by atoms with Gasteiger partial charge in [-0.2, -0.15) is 0 Å². The van der Waals surface area contributed by atoms with Crippen molar-refractivity contribution < 1.29 is 23.1 Å². The summed E-state index contributed by atoms with van der Waals surface area (Å²) in [5.74, 6) is -2.04. The number of hydrogen-bond donors (Lipinski definition) is 1. The molecule has 0 radical (unpaired) electrons. The zero-order valence-corrected chi connectivity index (χ0v) is 11.5. The number of hydrogen-bond acceptors (Lipinski definition) is 4. The van der Waals surface area contributed by atoms with Crippen molar-refractivity contribution in [1.82, 2.24) is 5.32 Å². The van der Waals surface area contributed by atoms with Crippen LogP contribution in [-0.4, -0.2) is 32.0 Å². The summed E-state index contributed by atoms with van der Waals surface area (Å²) in [6, 6.07) is 3.64. The van der Waals surface area contributed by atoms with Gasteiger partial charge in [-0.1, -0.05) is 6.07 Å². The Morgan fingerprint density at radius 2 is 2.19 bits per heavy atom. The smallest absolute Gasteiger partial charge is 0.293 e. The standard InChI is InChI=1S/C15H17F2NO3/c16-12-3-2-11(6-13(12)17)7-15(4-1-5-18-9-15)14(20)8-21-10-19/h2-3,6,10,18H,1,4-5,7-9H2. The first-order valence-corrected chi connectivity index (χ1v) is 6.81. The van der Waals surface area contributed by atoms with Crippen LogP contribution >= 0.6 is 0 Å². The topological polar surface area (TPSA) is 55.4 Å². The van der Waals surface area contributed by atoms with Crippen molar-refractivity contribution in [2.24, 2.45) is 5.41 Å². The van der Waals surface area contributed by atoms with Crippen LogP contribution in [0.25, 0.3) is 0 Å². The molecule has 1 aliphatic heterocycles. The third-order valence-corrected chi connectivity index (χ3v) is 3.87. The predicted molar refractivity (Wildman–Crippen MR) is 71.6 cm³/mol. The van der Waals surface area contributed by atoms with Gasteiger partial charge in [-0.3, -0.25) is 9.59 Å². The zero-order valence-electron chi connectivity index (χ0n) is 11.5. The average Bonchev–Trinajstić information content (AvgIpc) is 2.49. The molecular weight excluding hydrogens is 280 g/mol. The van der Waals surface area contributed by atoms with Gasteiger partial charge >= 0.3 is 0 Å². The molecule has 1 N–H and O–H groups in total. The SMILES string of the molecule is O=COCC(=O)C1(Cc2ccc(F)c(F)c2)CCCNC1. The van der Waals surface area contributed by atoms with Crippen LogP contribution in [0, 0.1) is 17.0 Å². The molecule has 1 saturated heterocycles. The minimum Gasteiger partial charge on any atom is -0.460 e. The van der Waals surface area contributed by atoms with E-state index in [-0.39, 0.29) is 25.3 Å². The Bertz CT molecular complexity index is 528. The number of benzene rings is 1. The minimum absolute atomic E-state index is 0.202. The summed E-state index contributed by atoms with van der Waals surface area (Å²) >= 11 is 0. The predicted octanol–water partition coefficient (Wildman–Crippen LogP) is 1.62. The maximum Gasteiger partial charge on any atom is 0.293 e. The molecule has 1 atom stereocenters. The summed E-state index contributed by atoms with van der Waals surface area (Å²) in [6.07, 6.45) is 1.72. The molecule has 4 nitrogen and oxygen atoms in total. The highest BCUT2D eigenvalue weighted by Gasteiger charge is 2.39. The lowest BCUT2D eigenvalue weighted by atomic mass is 9.72. The molecule has 1 unspecified atom stereocenters. The van der Waals surface area contributed by atoms with E-state index in [9.17, 15) is 18.4 Å². The molecule has 0 amide bonds. The number of carbonyl (C=O) groups excluding carboxylic acids is 2. The van der Waals surface area contributed by atoms with Crippen molar-refractivity contribution in [1.29, 1.82) is 0 Å². The number of carbonyl (C=O) groups is 2. The number of ketones is 1. The van der Waals surface area contributed by atoms with Crippen molar-refractivity contribution in [3.8, 4) is 0 Å². The molecule has 0 bridgehead atoms. The van der Waals surface area contributed by atoms with Crippen LogP contribution in [0.4, 0.5) is 8.78 Å². The molecule has 0 aromatic heterocycles. The third-order valence-electron chi connectivity index (χ3n) is 3.87. The summed E-state index contributed by atoms with van der Waals surface area (Å²) < 4.78 is 30.9. The van der Waals surface area contributed by atoms with E-state index in [2.05, 4.69) is 10.1 Å². The fourth-order valence-corrected chi connectivity index (χ4v) is 2.76. The van der Waals surface area contributed by atoms with E-state index in [0.29, 0.717) is 18.5 Å². The lowest BCUT2D eigenvalue weighted by Gasteiger charge is -2.36. The van der Waals surface area contributed by atoms with Gasteiger partial charge in [0, 0.05) is 12.0 Å². The Morgan fingerprint density at radius 3 is 2.81 bits per heavy atom. The quantitative estimate of drug-likeness (QED) is 0.811. The maximum atomic E-state index is 13.3. The van der Waals surface area contributed by atoms with Crippen LogP contribution in [0.3, 0.4) is 0 Å². The van der Waals surface area contributed by atoms with Crippen LogP contribution in [0.1, 0.15) is 18.4 Å². The molecule has 21 heavy (non-hydrogen) atoms. The molecule has 1 aromatic carbocycles. The van der Waals surface area contributed by atoms with Crippen LogP contribution in [0.15, 0.2) is 18.2 Å². The van der Waals surface area contributed by atoms with Gasteiger partial charge in [0.2, 0.25) is 0 Å². The zero-order chi connectivity index (χ0) is 15.3. The van der Waals surface area contributed by atoms with Crippen LogP contribution in [-0.2, 0) is 20.7 Å². The highest BCUT2D eigenvalue weighted by molar-refractivity contribution is 5.87. The van der Waals surface area contributed by atoms with E-state index in [1.54, 1.807) is 0 Å². The normalized spacial score (nSPS) is 21.8. The lowest BCUT2D eigenvalue weighted by Crippen LogP contribution is -2.48. The third kappa shape index (κ3) is 3.64. The fourth-order valence-electron chi connectivity index (χ4n) is 2.76. The minimum atomic E-state index is -0.928. The number of ether oxygens (including phenoxy) is 1. The largest absolute Gasteiger partial charge is 0.460 e. The molecule has 0 aliphatic carbocycles. The van der Waals surface area contributed by atoms with Gasteiger partial charge < -0.3 is 10.1 Å². The number of nitrogens with one attached hydrogen (secondary N) is 1. The highest BCUT2D eigenvalue weighted by atomic mass is 19.2. The summed E-state index contributed by atoms with van der Waals surface area (Å²) in [5.41, 5.74) is -0.192. The molecule has 0 saturated carbocycles. The monoisotopic (exact) mass is 297 g/mol. The van der Waals surface area contributed by atoms with Gasteiger partial charge in [-0.25, -0.2) is 8.78 Å². The summed E-state index contributed by atoms with van der Waals surface area (Å²) in [4.78, 5) is 22.6. The van der Waals surface area contributed by atoms with Crippen LogP contribution in [0.2, 0.25) is 0 Å². The van der Waals surface area contributed by atoms with E-state index in [0.717, 1.165) is 25.1 Å². The first-order valence-electron chi connectivity index (χ1n) is 6.81. The van der Waals surface area contributed by atoms with Gasteiger partial charge in [-0.05, 0) is 43.5 Å². The second-order valence-corrected chi connectivity index (χ2v) is 5.32. The Balaban J connectivity index is 2.20. The van der Waals surface area contributed by atoms with E-state index in [4.69, 9.17) is 0 Å². The number of halogens is 2. The second kappa shape index (κ2) is 6.76. The van der Waals surface area contributed by atoms with E-state index >= 15 is 0 Å². The molecule has 1 aliphatic rings. The van der Waals surface area contributed by atoms with Gasteiger partial charge in [0.1, 0.15) is 6.61 Å². The van der Waals surface area contributed by atoms with Crippen molar-refractivity contribution in [2.75, 3.05) is 19.7 Å². The number of rotatable bonds is 6. The molecule has 114 valence electrons. The number of piperidine rings is 1. The fraction of sp³-hybridized carbons (Fsp3) is 0.467. The summed E-state index contributed by atoms with van der Waals surface area (Å²) in [5, 5.41) is 3.15. The van der Waals surface area contributed by atoms with Gasteiger partial charge in [0.05, 0.1) is 0 Å². The Labute approximate surface area is 121 Å². The first-order chi connectivity index (χ1) is 10.1. The summed E-state index contributed by atoms with van der Waals surface area (Å²) in [6.45, 7) is 1.18. The Hall–Kier alpha value is -1.82. The average molecular weight is 297 g/mol. The molecule has 6 heteroatoms. The van der Waals surface area contributed by atoms with Gasteiger partial charge in [0.25, 0.3) is 6.47 Å². The van der Waals surface area contributed by atoms with E-state index in [1.807, 2.05) is 0 Å². The molecule has 1 aromatic rings. The van der Waals surface area contributed by atoms with Gasteiger partial charge in [-0.15, -0.1) is 0 Å². The highest BCUT2D eigenvalue weighted by Crippen LogP contribution is 2.32. The van der Waals surface area contributed by atoms with E-state index in [1.165, 1.54) is 6.07 Å². The van der Waals surface area contributed by atoms with Crippen molar-refractivity contribution >= 4 is 12.3 Å². The van der Waals surface area contributed by atoms with Crippen LogP contribution in [0.5, 0.6) is 0 Å².